The van der Waals surface area contributed by atoms with E-state index in [1.54, 1.807) is 0 Å². The zero-order valence-corrected chi connectivity index (χ0v) is 9.67. The number of aliphatic hydroxyl groups excluding tert-OH is 1. The fraction of sp³-hybridized carbons (Fsp3) is 0.500. The Morgan fingerprint density at radius 2 is 1.94 bits per heavy atom. The summed E-state index contributed by atoms with van der Waals surface area (Å²) in [6.45, 7) is 4.43. The van der Waals surface area contributed by atoms with Gasteiger partial charge in [0.05, 0.1) is 12.6 Å². The molecule has 0 radical (unpaired) electrons. The third-order valence-corrected chi connectivity index (χ3v) is 2.33. The summed E-state index contributed by atoms with van der Waals surface area (Å²) < 4.78 is 0. The zero-order chi connectivity index (χ0) is 12.0. The van der Waals surface area contributed by atoms with Gasteiger partial charge in [0.25, 0.3) is 0 Å². The van der Waals surface area contributed by atoms with Crippen LogP contribution in [0, 0.1) is 5.92 Å². The molecular weight excluding hydrogens is 202 g/mol. The van der Waals surface area contributed by atoms with Crippen molar-refractivity contribution in [2.45, 2.75) is 26.4 Å². The van der Waals surface area contributed by atoms with Crippen molar-refractivity contribution in [3.63, 3.8) is 0 Å². The van der Waals surface area contributed by atoms with E-state index < -0.39 is 6.10 Å². The maximum absolute atomic E-state index is 9.66. The lowest BCUT2D eigenvalue weighted by Crippen LogP contribution is -2.01. The van der Waals surface area contributed by atoms with Crippen molar-refractivity contribution in [3.05, 3.63) is 45.8 Å². The minimum Gasteiger partial charge on any atom is -0.388 e. The molecule has 0 aliphatic rings. The normalized spacial score (nSPS) is 12.2. The van der Waals surface area contributed by atoms with E-state index in [9.17, 15) is 5.11 Å². The zero-order valence-electron chi connectivity index (χ0n) is 9.67. The topological polar surface area (TPSA) is 69.0 Å². The molecule has 1 aromatic rings. The Kier molecular flexibility index (Phi) is 4.83. The lowest BCUT2D eigenvalue weighted by Gasteiger charge is -2.09. The Labute approximate surface area is 95.5 Å². The van der Waals surface area contributed by atoms with Crippen molar-refractivity contribution in [1.82, 2.24) is 0 Å². The van der Waals surface area contributed by atoms with Gasteiger partial charge >= 0.3 is 0 Å². The molecule has 0 amide bonds. The quantitative estimate of drug-likeness (QED) is 0.461. The summed E-state index contributed by atoms with van der Waals surface area (Å²) in [4.78, 5) is 2.62. The Hall–Kier alpha value is -1.51. The summed E-state index contributed by atoms with van der Waals surface area (Å²) in [7, 11) is 0. The molecule has 0 aliphatic heterocycles. The molecule has 0 heterocycles. The van der Waals surface area contributed by atoms with E-state index >= 15 is 0 Å². The van der Waals surface area contributed by atoms with E-state index in [0.29, 0.717) is 5.92 Å². The lowest BCUT2D eigenvalue weighted by molar-refractivity contribution is 0.187. The van der Waals surface area contributed by atoms with Crippen LogP contribution in [-0.4, -0.2) is 11.7 Å². The average Bonchev–Trinajstić information content (AvgIpc) is 2.26. The van der Waals surface area contributed by atoms with Crippen LogP contribution >= 0.6 is 0 Å². The number of hydrogen-bond donors (Lipinski definition) is 1. The largest absolute Gasteiger partial charge is 0.388 e. The molecule has 0 saturated heterocycles. The predicted octanol–water partition coefficient (Wildman–Crippen LogP) is 3.23. The Morgan fingerprint density at radius 1 is 1.31 bits per heavy atom. The molecule has 1 atom stereocenters. The Morgan fingerprint density at radius 3 is 2.44 bits per heavy atom. The molecule has 4 heteroatoms. The second kappa shape index (κ2) is 6.16. The molecule has 0 aromatic heterocycles. The molecule has 1 rings (SSSR count). The van der Waals surface area contributed by atoms with Crippen LogP contribution in [0.25, 0.3) is 10.4 Å². The molecule has 0 aliphatic carbocycles. The van der Waals surface area contributed by atoms with Gasteiger partial charge in [-0.1, -0.05) is 43.2 Å². The predicted molar refractivity (Wildman–Crippen MR) is 64.0 cm³/mol. The lowest BCUT2D eigenvalue weighted by atomic mass is 10.0. The van der Waals surface area contributed by atoms with Crippen LogP contribution in [0.2, 0.25) is 0 Å². The molecular formula is C12H17N3O. The van der Waals surface area contributed by atoms with Crippen LogP contribution < -0.4 is 0 Å². The maximum Gasteiger partial charge on any atom is 0.0846 e. The first-order valence-electron chi connectivity index (χ1n) is 5.41. The minimum atomic E-state index is -0.705. The van der Waals surface area contributed by atoms with Gasteiger partial charge in [0.1, 0.15) is 0 Å². The first-order chi connectivity index (χ1) is 7.63. The van der Waals surface area contributed by atoms with Crippen molar-refractivity contribution in [2.75, 3.05) is 6.54 Å². The molecule has 16 heavy (non-hydrogen) atoms. The standard InChI is InChI=1S/C12H17N3O/c1-9(2)7-10-3-5-11(6-4-10)12(16)8-14-15-13/h3-6,9,12,16H,7-8H2,1-2H3/t12-/m1/s1. The van der Waals surface area contributed by atoms with E-state index in [1.807, 2.05) is 24.3 Å². The second-order valence-corrected chi connectivity index (χ2v) is 4.27. The number of hydrogen-bond acceptors (Lipinski definition) is 2. The van der Waals surface area contributed by atoms with E-state index in [4.69, 9.17) is 5.53 Å². The highest BCUT2D eigenvalue weighted by Crippen LogP contribution is 2.16. The highest BCUT2D eigenvalue weighted by atomic mass is 16.3. The fourth-order valence-electron chi connectivity index (χ4n) is 1.57. The molecule has 1 aromatic carbocycles. The summed E-state index contributed by atoms with van der Waals surface area (Å²) in [5.74, 6) is 0.624. The third kappa shape index (κ3) is 3.93. The van der Waals surface area contributed by atoms with E-state index in [2.05, 4.69) is 23.9 Å². The number of aliphatic hydroxyl groups is 1. The van der Waals surface area contributed by atoms with E-state index in [-0.39, 0.29) is 6.54 Å². The van der Waals surface area contributed by atoms with Crippen LogP contribution in [0.3, 0.4) is 0 Å². The summed E-state index contributed by atoms with van der Waals surface area (Å²) in [5.41, 5.74) is 10.2. The van der Waals surface area contributed by atoms with Gasteiger partial charge in [-0.05, 0) is 29.0 Å². The van der Waals surface area contributed by atoms with Crippen LogP contribution in [0.1, 0.15) is 31.1 Å². The molecule has 4 nitrogen and oxygen atoms in total. The SMILES string of the molecule is CC(C)Cc1ccc([C@H](O)CN=[N+]=[N-])cc1. The maximum atomic E-state index is 9.66. The Bertz CT molecular complexity index is 366. The molecule has 0 spiro atoms. The van der Waals surface area contributed by atoms with Gasteiger partial charge in [-0.15, -0.1) is 0 Å². The second-order valence-electron chi connectivity index (χ2n) is 4.27. The highest BCUT2D eigenvalue weighted by molar-refractivity contribution is 5.24. The van der Waals surface area contributed by atoms with E-state index in [1.165, 1.54) is 5.56 Å². The van der Waals surface area contributed by atoms with Crippen molar-refractivity contribution in [3.8, 4) is 0 Å². The first kappa shape index (κ1) is 12.6. The van der Waals surface area contributed by atoms with E-state index in [0.717, 1.165) is 12.0 Å². The van der Waals surface area contributed by atoms with Crippen LogP contribution in [-0.2, 0) is 6.42 Å². The summed E-state index contributed by atoms with van der Waals surface area (Å²) in [5, 5.41) is 13.0. The summed E-state index contributed by atoms with van der Waals surface area (Å²) in [6, 6.07) is 7.79. The third-order valence-electron chi connectivity index (χ3n) is 2.33. The molecule has 86 valence electrons. The van der Waals surface area contributed by atoms with Crippen molar-refractivity contribution in [2.24, 2.45) is 11.0 Å². The van der Waals surface area contributed by atoms with Crippen LogP contribution in [0.15, 0.2) is 29.4 Å². The Balaban J connectivity index is 2.66. The monoisotopic (exact) mass is 219 g/mol. The number of azide groups is 1. The van der Waals surface area contributed by atoms with Crippen LogP contribution in [0.5, 0.6) is 0 Å². The van der Waals surface area contributed by atoms with Crippen molar-refractivity contribution in [1.29, 1.82) is 0 Å². The van der Waals surface area contributed by atoms with Gasteiger partial charge in [0, 0.05) is 4.91 Å². The fourth-order valence-corrected chi connectivity index (χ4v) is 1.57. The molecule has 0 bridgehead atoms. The molecule has 0 saturated carbocycles. The molecule has 1 N–H and O–H groups in total. The van der Waals surface area contributed by atoms with Gasteiger partial charge in [-0.3, -0.25) is 0 Å². The number of nitrogens with zero attached hydrogens (tertiary/aromatic N) is 3. The summed E-state index contributed by atoms with van der Waals surface area (Å²) in [6.07, 6.45) is 0.330. The number of rotatable bonds is 5. The summed E-state index contributed by atoms with van der Waals surface area (Å²) >= 11 is 0. The van der Waals surface area contributed by atoms with Gasteiger partial charge in [-0.25, -0.2) is 0 Å². The van der Waals surface area contributed by atoms with Crippen molar-refractivity contribution < 1.29 is 5.11 Å². The average molecular weight is 219 g/mol. The van der Waals surface area contributed by atoms with Crippen LogP contribution in [0.4, 0.5) is 0 Å². The first-order valence-corrected chi connectivity index (χ1v) is 5.41. The molecule has 0 unspecified atom stereocenters. The van der Waals surface area contributed by atoms with Crippen molar-refractivity contribution >= 4 is 0 Å². The van der Waals surface area contributed by atoms with Gasteiger partial charge in [0.15, 0.2) is 0 Å². The number of benzene rings is 1. The molecule has 0 fully saturated rings. The van der Waals surface area contributed by atoms with Gasteiger partial charge < -0.3 is 5.11 Å². The smallest absolute Gasteiger partial charge is 0.0846 e. The minimum absolute atomic E-state index is 0.0834. The highest BCUT2D eigenvalue weighted by Gasteiger charge is 2.06. The van der Waals surface area contributed by atoms with Gasteiger partial charge in [-0.2, -0.15) is 0 Å². The van der Waals surface area contributed by atoms with Gasteiger partial charge in [0.2, 0.25) is 0 Å².